The highest BCUT2D eigenvalue weighted by molar-refractivity contribution is 6.00. The molecule has 1 saturated heterocycles. The number of carbonyl (C=O) groups is 1. The molecule has 2 aliphatic rings. The van der Waals surface area contributed by atoms with Gasteiger partial charge in [0, 0.05) is 18.5 Å². The number of benzene rings is 1. The van der Waals surface area contributed by atoms with Gasteiger partial charge in [0.05, 0.1) is 20.1 Å². The molecule has 0 aromatic heterocycles. The maximum atomic E-state index is 13.2. The average Bonchev–Trinajstić information content (AvgIpc) is 3.29. The Hall–Kier alpha value is -1.35. The van der Waals surface area contributed by atoms with Crippen molar-refractivity contribution in [2.24, 2.45) is 0 Å². The van der Waals surface area contributed by atoms with Crippen molar-refractivity contribution in [3.8, 4) is 0 Å². The molecule has 0 spiro atoms. The number of hydrogen-bond acceptors (Lipinski definition) is 1. The molecule has 0 atom stereocenters. The first-order valence-electron chi connectivity index (χ1n) is 9.21. The van der Waals surface area contributed by atoms with Crippen molar-refractivity contribution in [2.75, 3.05) is 25.5 Å². The van der Waals surface area contributed by atoms with Gasteiger partial charge in [-0.2, -0.15) is 0 Å². The molecule has 0 radical (unpaired) electrons. The standard InChI is InChI=1S/C20H30N2O/c1-16-10-9-11-17(2)18(16)21-19(23)20(12-13-20)22(3)14-7-5-4-6-8-15-22/h9-11H,4-8,12-15H2,1-3H3/p+1. The third-order valence-electron chi connectivity index (χ3n) is 6.20. The second-order valence-electron chi connectivity index (χ2n) is 7.86. The summed E-state index contributed by atoms with van der Waals surface area (Å²) in [7, 11) is 2.32. The molecule has 1 heterocycles. The van der Waals surface area contributed by atoms with E-state index in [0.717, 1.165) is 47.2 Å². The molecule has 2 fully saturated rings. The van der Waals surface area contributed by atoms with Gasteiger partial charge in [0.2, 0.25) is 0 Å². The van der Waals surface area contributed by atoms with Gasteiger partial charge < -0.3 is 9.80 Å². The Labute approximate surface area is 140 Å². The Balaban J connectivity index is 1.80. The highest BCUT2D eigenvalue weighted by atomic mass is 16.2. The maximum Gasteiger partial charge on any atom is 0.285 e. The molecule has 1 aromatic rings. The third-order valence-corrected chi connectivity index (χ3v) is 6.20. The minimum Gasteiger partial charge on any atom is -0.320 e. The van der Waals surface area contributed by atoms with Gasteiger partial charge in [0.25, 0.3) is 5.91 Å². The predicted octanol–water partition coefficient (Wildman–Crippen LogP) is 4.19. The van der Waals surface area contributed by atoms with Crippen LogP contribution in [-0.2, 0) is 4.79 Å². The third kappa shape index (κ3) is 3.03. The van der Waals surface area contributed by atoms with Gasteiger partial charge in [-0.3, -0.25) is 4.79 Å². The molecular formula is C20H31N2O+. The van der Waals surface area contributed by atoms with E-state index in [2.05, 4.69) is 44.4 Å². The normalized spacial score (nSPS) is 22.7. The van der Waals surface area contributed by atoms with Crippen molar-refractivity contribution in [3.05, 3.63) is 29.3 Å². The SMILES string of the molecule is Cc1cccc(C)c1NC(=O)C1([N+]2(C)CCCCCCC2)CC1. The first-order valence-corrected chi connectivity index (χ1v) is 9.21. The van der Waals surface area contributed by atoms with Crippen LogP contribution >= 0.6 is 0 Å². The summed E-state index contributed by atoms with van der Waals surface area (Å²) in [5, 5.41) is 3.29. The van der Waals surface area contributed by atoms with Gasteiger partial charge in [0.15, 0.2) is 5.54 Å². The van der Waals surface area contributed by atoms with Gasteiger partial charge in [-0.15, -0.1) is 0 Å². The molecule has 0 unspecified atom stereocenters. The summed E-state index contributed by atoms with van der Waals surface area (Å²) in [6.45, 7) is 6.46. The highest BCUT2D eigenvalue weighted by Gasteiger charge is 2.63. The summed E-state index contributed by atoms with van der Waals surface area (Å²) in [5.74, 6) is 0.248. The number of aryl methyl sites for hydroxylation is 2. The summed E-state index contributed by atoms with van der Waals surface area (Å²) < 4.78 is 0.948. The molecule has 0 bridgehead atoms. The van der Waals surface area contributed by atoms with E-state index in [1.54, 1.807) is 0 Å². The van der Waals surface area contributed by atoms with Crippen LogP contribution in [0.25, 0.3) is 0 Å². The van der Waals surface area contributed by atoms with Crippen LogP contribution in [-0.4, -0.2) is 36.1 Å². The number of amides is 1. The lowest BCUT2D eigenvalue weighted by Gasteiger charge is -2.42. The van der Waals surface area contributed by atoms with Crippen molar-refractivity contribution in [1.29, 1.82) is 0 Å². The average molecular weight is 315 g/mol. The molecule has 3 heteroatoms. The van der Waals surface area contributed by atoms with Crippen LogP contribution in [0.4, 0.5) is 5.69 Å². The number of anilines is 1. The summed E-state index contributed by atoms with van der Waals surface area (Å²) in [6, 6.07) is 6.21. The number of rotatable bonds is 3. The van der Waals surface area contributed by atoms with Crippen molar-refractivity contribution in [2.45, 2.75) is 64.3 Å². The molecule has 1 amide bonds. The zero-order valence-electron chi connectivity index (χ0n) is 15.0. The molecule has 1 aliphatic heterocycles. The lowest BCUT2D eigenvalue weighted by atomic mass is 10.0. The van der Waals surface area contributed by atoms with Crippen LogP contribution < -0.4 is 5.32 Å². The molecule has 1 saturated carbocycles. The van der Waals surface area contributed by atoms with Gasteiger partial charge in [-0.1, -0.05) is 24.6 Å². The van der Waals surface area contributed by atoms with Crippen molar-refractivity contribution >= 4 is 11.6 Å². The van der Waals surface area contributed by atoms with Gasteiger partial charge in [-0.25, -0.2) is 0 Å². The Morgan fingerprint density at radius 3 is 2.04 bits per heavy atom. The van der Waals surface area contributed by atoms with Crippen molar-refractivity contribution in [3.63, 3.8) is 0 Å². The number of para-hydroxylation sites is 1. The van der Waals surface area contributed by atoms with Crippen LogP contribution in [0, 0.1) is 13.8 Å². The van der Waals surface area contributed by atoms with Crippen molar-refractivity contribution < 1.29 is 9.28 Å². The van der Waals surface area contributed by atoms with E-state index >= 15 is 0 Å². The molecule has 3 nitrogen and oxygen atoms in total. The van der Waals surface area contributed by atoms with Crippen LogP contribution in [0.2, 0.25) is 0 Å². The first kappa shape index (κ1) is 16.5. The lowest BCUT2D eigenvalue weighted by Crippen LogP contribution is -2.60. The summed E-state index contributed by atoms with van der Waals surface area (Å²) in [4.78, 5) is 13.2. The highest BCUT2D eigenvalue weighted by Crippen LogP contribution is 2.48. The molecule has 23 heavy (non-hydrogen) atoms. The summed E-state index contributed by atoms with van der Waals surface area (Å²) >= 11 is 0. The fourth-order valence-electron chi connectivity index (χ4n) is 4.36. The smallest absolute Gasteiger partial charge is 0.285 e. The topological polar surface area (TPSA) is 29.1 Å². The zero-order valence-corrected chi connectivity index (χ0v) is 15.0. The molecule has 1 aliphatic carbocycles. The fourth-order valence-corrected chi connectivity index (χ4v) is 4.36. The van der Waals surface area contributed by atoms with E-state index in [4.69, 9.17) is 0 Å². The minimum absolute atomic E-state index is 0.175. The molecular weight excluding hydrogens is 284 g/mol. The minimum atomic E-state index is -0.175. The number of likely N-dealkylation sites (tertiary alicyclic amines) is 1. The van der Waals surface area contributed by atoms with E-state index in [1.807, 2.05) is 0 Å². The van der Waals surface area contributed by atoms with Gasteiger partial charge in [-0.05, 0) is 50.7 Å². The van der Waals surface area contributed by atoms with E-state index in [0.29, 0.717) is 0 Å². The van der Waals surface area contributed by atoms with E-state index in [9.17, 15) is 4.79 Å². The van der Waals surface area contributed by atoms with Gasteiger partial charge in [0.1, 0.15) is 0 Å². The van der Waals surface area contributed by atoms with Crippen LogP contribution in [0.15, 0.2) is 18.2 Å². The fraction of sp³-hybridized carbons (Fsp3) is 0.650. The second kappa shape index (κ2) is 6.27. The Morgan fingerprint density at radius 1 is 1.00 bits per heavy atom. The molecule has 3 rings (SSSR count). The van der Waals surface area contributed by atoms with E-state index in [1.165, 1.54) is 32.1 Å². The quantitative estimate of drug-likeness (QED) is 0.833. The predicted molar refractivity (Wildman–Crippen MR) is 95.5 cm³/mol. The molecule has 1 aromatic carbocycles. The largest absolute Gasteiger partial charge is 0.320 e. The van der Waals surface area contributed by atoms with Crippen LogP contribution in [0.5, 0.6) is 0 Å². The number of nitrogens with one attached hydrogen (secondary N) is 1. The number of likely N-dealkylation sites (N-methyl/N-ethyl adjacent to an activating group) is 1. The first-order chi connectivity index (χ1) is 11.0. The Kier molecular flexibility index (Phi) is 4.50. The van der Waals surface area contributed by atoms with Crippen LogP contribution in [0.3, 0.4) is 0 Å². The molecule has 126 valence electrons. The maximum absolute atomic E-state index is 13.2. The summed E-state index contributed by atoms with van der Waals surface area (Å²) in [6.07, 6.45) is 8.61. The van der Waals surface area contributed by atoms with Crippen molar-refractivity contribution in [1.82, 2.24) is 0 Å². The lowest BCUT2D eigenvalue weighted by molar-refractivity contribution is -0.935. The molecule has 1 N–H and O–H groups in total. The number of nitrogens with zero attached hydrogens (tertiary/aromatic N) is 1. The second-order valence-corrected chi connectivity index (χ2v) is 7.86. The van der Waals surface area contributed by atoms with Gasteiger partial charge >= 0.3 is 0 Å². The summed E-state index contributed by atoms with van der Waals surface area (Å²) in [5.41, 5.74) is 3.16. The number of carbonyl (C=O) groups excluding carboxylic acids is 1. The number of quaternary nitrogens is 1. The van der Waals surface area contributed by atoms with Crippen LogP contribution in [0.1, 0.15) is 56.1 Å². The number of hydrogen-bond donors (Lipinski definition) is 1. The van der Waals surface area contributed by atoms with E-state index < -0.39 is 0 Å². The Morgan fingerprint density at radius 2 is 1.52 bits per heavy atom. The zero-order chi connectivity index (χ0) is 16.5. The van der Waals surface area contributed by atoms with E-state index in [-0.39, 0.29) is 11.4 Å². The Bertz CT molecular complexity index is 561. The monoisotopic (exact) mass is 315 g/mol.